The van der Waals surface area contributed by atoms with Gasteiger partial charge in [-0.1, -0.05) is 30.3 Å². The molecule has 2 aliphatic heterocycles. The Balaban J connectivity index is 1.70. The number of benzene rings is 2. The van der Waals surface area contributed by atoms with Gasteiger partial charge in [-0.3, -0.25) is 0 Å². The molecule has 2 aromatic carbocycles. The summed E-state index contributed by atoms with van der Waals surface area (Å²) in [5.74, 6) is 1.10. The van der Waals surface area contributed by atoms with E-state index in [0.717, 1.165) is 12.0 Å². The molecule has 0 saturated carbocycles. The minimum Gasteiger partial charge on any atom is -0.490 e. The number of nitrogens with zero attached hydrogens (tertiary/aromatic N) is 2. The molecule has 4 rings (SSSR count). The summed E-state index contributed by atoms with van der Waals surface area (Å²) in [6.07, 6.45) is 0.783. The maximum absolute atomic E-state index is 13.5. The van der Waals surface area contributed by atoms with E-state index in [-0.39, 0.29) is 10.9 Å². The molecule has 6 nitrogen and oxygen atoms in total. The van der Waals surface area contributed by atoms with Gasteiger partial charge in [-0.2, -0.15) is 4.31 Å². The van der Waals surface area contributed by atoms with E-state index >= 15 is 0 Å². The first-order valence-corrected chi connectivity index (χ1v) is 10.6. The van der Waals surface area contributed by atoms with Crippen molar-refractivity contribution in [1.82, 2.24) is 9.21 Å². The molecule has 0 radical (unpaired) electrons. The number of likely N-dealkylation sites (N-methyl/N-ethyl adjacent to an activating group) is 1. The Morgan fingerprint density at radius 1 is 0.963 bits per heavy atom. The van der Waals surface area contributed by atoms with Crippen LogP contribution in [-0.4, -0.2) is 57.5 Å². The summed E-state index contributed by atoms with van der Waals surface area (Å²) in [5.41, 5.74) is 1.00. The van der Waals surface area contributed by atoms with Crippen molar-refractivity contribution in [2.75, 3.05) is 39.9 Å². The number of hydrogen-bond acceptors (Lipinski definition) is 5. The second kappa shape index (κ2) is 7.50. The van der Waals surface area contributed by atoms with Crippen LogP contribution >= 0.6 is 0 Å². The van der Waals surface area contributed by atoms with Crippen LogP contribution in [0, 0.1) is 0 Å². The van der Waals surface area contributed by atoms with Crippen molar-refractivity contribution < 1.29 is 17.9 Å². The highest BCUT2D eigenvalue weighted by Crippen LogP contribution is 2.36. The van der Waals surface area contributed by atoms with Crippen LogP contribution in [-0.2, 0) is 10.0 Å². The molecule has 0 unspecified atom stereocenters. The number of fused-ring (bicyclic) bond motifs is 1. The first kappa shape index (κ1) is 18.3. The van der Waals surface area contributed by atoms with Crippen molar-refractivity contribution in [1.29, 1.82) is 0 Å². The molecule has 1 saturated heterocycles. The summed E-state index contributed by atoms with van der Waals surface area (Å²) in [5, 5.41) is 0. The smallest absolute Gasteiger partial charge is 0.243 e. The van der Waals surface area contributed by atoms with Crippen LogP contribution in [0.5, 0.6) is 11.5 Å². The lowest BCUT2D eigenvalue weighted by molar-refractivity contribution is 0.160. The molecule has 1 fully saturated rings. The molecule has 2 aromatic rings. The zero-order valence-corrected chi connectivity index (χ0v) is 16.2. The summed E-state index contributed by atoms with van der Waals surface area (Å²) in [7, 11) is -1.64. The Morgan fingerprint density at radius 2 is 1.70 bits per heavy atom. The quantitative estimate of drug-likeness (QED) is 0.809. The minimum absolute atomic E-state index is 0.217. The highest BCUT2D eigenvalue weighted by Gasteiger charge is 2.36. The molecule has 1 atom stereocenters. The average molecular weight is 388 g/mol. The minimum atomic E-state index is -3.66. The van der Waals surface area contributed by atoms with Crippen molar-refractivity contribution in [3.05, 3.63) is 54.1 Å². The van der Waals surface area contributed by atoms with Crippen LogP contribution in [0.2, 0.25) is 0 Å². The Labute approximate surface area is 160 Å². The van der Waals surface area contributed by atoms with Gasteiger partial charge in [-0.25, -0.2) is 8.42 Å². The third-order valence-corrected chi connectivity index (χ3v) is 6.95. The highest BCUT2D eigenvalue weighted by molar-refractivity contribution is 7.89. The van der Waals surface area contributed by atoms with Crippen molar-refractivity contribution in [2.24, 2.45) is 0 Å². The Bertz CT molecular complexity index is 901. The Kier molecular flexibility index (Phi) is 5.08. The molecule has 0 spiro atoms. The monoisotopic (exact) mass is 388 g/mol. The fourth-order valence-corrected chi connectivity index (χ4v) is 5.19. The van der Waals surface area contributed by atoms with Gasteiger partial charge in [0.05, 0.1) is 24.2 Å². The van der Waals surface area contributed by atoms with Crippen LogP contribution in [0.3, 0.4) is 0 Å². The van der Waals surface area contributed by atoms with Gasteiger partial charge < -0.3 is 14.4 Å². The Morgan fingerprint density at radius 3 is 2.48 bits per heavy atom. The summed E-state index contributed by atoms with van der Waals surface area (Å²) in [6, 6.07) is 14.5. The van der Waals surface area contributed by atoms with E-state index in [0.29, 0.717) is 44.3 Å². The van der Waals surface area contributed by atoms with E-state index in [1.807, 2.05) is 37.4 Å². The number of piperazine rings is 1. The van der Waals surface area contributed by atoms with Gasteiger partial charge in [-0.15, -0.1) is 0 Å². The van der Waals surface area contributed by atoms with Crippen LogP contribution < -0.4 is 9.47 Å². The molecule has 0 bridgehead atoms. The second-order valence-electron chi connectivity index (χ2n) is 6.96. The van der Waals surface area contributed by atoms with Crippen LogP contribution in [0.4, 0.5) is 0 Å². The normalized spacial score (nSPS) is 21.6. The van der Waals surface area contributed by atoms with E-state index in [1.165, 1.54) is 0 Å². The lowest BCUT2D eigenvalue weighted by Crippen LogP contribution is -2.49. The lowest BCUT2D eigenvalue weighted by atomic mass is 10.1. The largest absolute Gasteiger partial charge is 0.490 e. The molecule has 0 N–H and O–H groups in total. The van der Waals surface area contributed by atoms with Gasteiger partial charge >= 0.3 is 0 Å². The molecule has 2 aliphatic rings. The van der Waals surface area contributed by atoms with Crippen molar-refractivity contribution in [3.63, 3.8) is 0 Å². The maximum Gasteiger partial charge on any atom is 0.243 e. The molecular weight excluding hydrogens is 364 g/mol. The molecule has 7 heteroatoms. The van der Waals surface area contributed by atoms with Crippen LogP contribution in [0.1, 0.15) is 18.0 Å². The number of rotatable bonds is 3. The molecule has 2 heterocycles. The summed E-state index contributed by atoms with van der Waals surface area (Å²) in [4.78, 5) is 2.41. The maximum atomic E-state index is 13.5. The van der Waals surface area contributed by atoms with Crippen molar-refractivity contribution in [3.8, 4) is 11.5 Å². The summed E-state index contributed by atoms with van der Waals surface area (Å²) < 4.78 is 39.8. The first-order chi connectivity index (χ1) is 13.1. The lowest BCUT2D eigenvalue weighted by Gasteiger charge is -2.39. The average Bonchev–Trinajstić information content (AvgIpc) is 2.93. The molecule has 0 aliphatic carbocycles. The third-order valence-electron chi connectivity index (χ3n) is 5.04. The van der Waals surface area contributed by atoms with E-state index in [1.54, 1.807) is 22.5 Å². The SMILES string of the molecule is CN1CCN(S(=O)(=O)c2ccc3c(c2)OCCCO3)[C@H](c2ccccc2)C1. The molecule has 144 valence electrons. The van der Waals surface area contributed by atoms with Gasteiger partial charge in [0, 0.05) is 32.1 Å². The van der Waals surface area contributed by atoms with E-state index in [4.69, 9.17) is 9.47 Å². The van der Waals surface area contributed by atoms with Gasteiger partial charge in [0.2, 0.25) is 10.0 Å². The van der Waals surface area contributed by atoms with Gasteiger partial charge in [0.1, 0.15) is 0 Å². The standard InChI is InChI=1S/C20H24N2O4S/c1-21-10-11-22(18(15-21)16-6-3-2-4-7-16)27(23,24)17-8-9-19-20(14-17)26-13-5-12-25-19/h2-4,6-9,14,18H,5,10-13,15H2,1H3/t18-/m0/s1. The van der Waals surface area contributed by atoms with Crippen molar-refractivity contribution in [2.45, 2.75) is 17.4 Å². The third kappa shape index (κ3) is 3.67. The van der Waals surface area contributed by atoms with Gasteiger partial charge in [-0.05, 0) is 24.7 Å². The highest BCUT2D eigenvalue weighted by atomic mass is 32.2. The second-order valence-corrected chi connectivity index (χ2v) is 8.85. The van der Waals surface area contributed by atoms with E-state index in [2.05, 4.69) is 4.90 Å². The fourth-order valence-electron chi connectivity index (χ4n) is 3.58. The summed E-state index contributed by atoms with van der Waals surface area (Å²) >= 11 is 0. The van der Waals surface area contributed by atoms with Crippen LogP contribution in [0.25, 0.3) is 0 Å². The predicted molar refractivity (Wildman–Crippen MR) is 103 cm³/mol. The number of hydrogen-bond donors (Lipinski definition) is 0. The molecule has 27 heavy (non-hydrogen) atoms. The summed E-state index contributed by atoms with van der Waals surface area (Å²) in [6.45, 7) is 2.92. The van der Waals surface area contributed by atoms with Gasteiger partial charge in [0.25, 0.3) is 0 Å². The zero-order chi connectivity index (χ0) is 18.9. The topological polar surface area (TPSA) is 59.1 Å². The number of ether oxygens (including phenoxy) is 2. The molecule has 0 aromatic heterocycles. The first-order valence-electron chi connectivity index (χ1n) is 9.21. The van der Waals surface area contributed by atoms with Gasteiger partial charge in [0.15, 0.2) is 11.5 Å². The molecule has 0 amide bonds. The van der Waals surface area contributed by atoms with E-state index < -0.39 is 10.0 Å². The van der Waals surface area contributed by atoms with Crippen LogP contribution in [0.15, 0.2) is 53.4 Å². The van der Waals surface area contributed by atoms with Crippen molar-refractivity contribution >= 4 is 10.0 Å². The molecular formula is C20H24N2O4S. The number of sulfonamides is 1. The Hall–Kier alpha value is -2.09. The zero-order valence-electron chi connectivity index (χ0n) is 15.4. The van der Waals surface area contributed by atoms with E-state index in [9.17, 15) is 8.42 Å². The fraction of sp³-hybridized carbons (Fsp3) is 0.400. The predicted octanol–water partition coefficient (Wildman–Crippen LogP) is 2.53.